The number of hydrogen-bond acceptors (Lipinski definition) is 1. The van der Waals surface area contributed by atoms with Crippen LogP contribution in [0.25, 0.3) is 10.9 Å². The molecule has 0 amide bonds. The van der Waals surface area contributed by atoms with Crippen LogP contribution in [0.4, 0.5) is 0 Å². The maximum atomic E-state index is 6.24. The second-order valence-electron chi connectivity index (χ2n) is 5.30. The fourth-order valence-corrected chi connectivity index (χ4v) is 3.55. The van der Waals surface area contributed by atoms with Crippen LogP contribution >= 0.6 is 27.5 Å². The minimum Gasteiger partial charge on any atom is -0.493 e. The molecule has 0 saturated heterocycles. The predicted octanol–water partition coefficient (Wildman–Crippen LogP) is 5.04. The molecule has 0 fully saturated rings. The Balaban J connectivity index is 1.80. The maximum absolute atomic E-state index is 6.24. The Morgan fingerprint density at radius 2 is 2.10 bits per heavy atom. The van der Waals surface area contributed by atoms with Crippen LogP contribution in [0, 0.1) is 0 Å². The lowest BCUT2D eigenvalue weighted by Crippen LogP contribution is -2.00. The van der Waals surface area contributed by atoms with E-state index in [4.69, 9.17) is 16.3 Å². The summed E-state index contributed by atoms with van der Waals surface area (Å²) in [7, 11) is 0. The minimum absolute atomic E-state index is 0.751. The third kappa shape index (κ3) is 2.34. The third-order valence-corrected chi connectivity index (χ3v) is 4.61. The molecular formula is C17H13BrClNO. The molecule has 0 aliphatic carbocycles. The Labute approximate surface area is 136 Å². The lowest BCUT2D eigenvalue weighted by atomic mass is 10.1. The fraction of sp³-hybridized carbons (Fsp3) is 0.176. The normalized spacial score (nSPS) is 13.4. The molecule has 1 aliphatic rings. The Kier molecular flexibility index (Phi) is 3.20. The van der Waals surface area contributed by atoms with Crippen molar-refractivity contribution in [2.75, 3.05) is 6.61 Å². The Hall–Kier alpha value is -1.45. The van der Waals surface area contributed by atoms with Crippen LogP contribution in [0.5, 0.6) is 5.75 Å². The van der Waals surface area contributed by atoms with Crippen molar-refractivity contribution in [1.29, 1.82) is 0 Å². The number of rotatable bonds is 2. The van der Waals surface area contributed by atoms with Gasteiger partial charge in [0.05, 0.1) is 13.2 Å². The zero-order valence-corrected chi connectivity index (χ0v) is 13.6. The lowest BCUT2D eigenvalue weighted by Gasteiger charge is -2.11. The Morgan fingerprint density at radius 3 is 3.00 bits per heavy atom. The first-order chi connectivity index (χ1) is 10.2. The molecule has 0 unspecified atom stereocenters. The van der Waals surface area contributed by atoms with Crippen LogP contribution < -0.4 is 4.74 Å². The van der Waals surface area contributed by atoms with Crippen LogP contribution in [-0.4, -0.2) is 11.2 Å². The standard InChI is InChI=1S/C17H13BrClNO/c18-14-2-1-11-3-5-20(16(11)9-14)10-13-8-15(19)7-12-4-6-21-17(12)13/h1-3,5,7-9H,4,6,10H2. The van der Waals surface area contributed by atoms with Gasteiger partial charge in [-0.3, -0.25) is 0 Å². The highest BCUT2D eigenvalue weighted by Gasteiger charge is 2.18. The van der Waals surface area contributed by atoms with Gasteiger partial charge in [-0.15, -0.1) is 0 Å². The summed E-state index contributed by atoms with van der Waals surface area (Å²) in [6, 6.07) is 12.5. The highest BCUT2D eigenvalue weighted by atomic mass is 79.9. The maximum Gasteiger partial charge on any atom is 0.127 e. The summed E-state index contributed by atoms with van der Waals surface area (Å²) in [5.74, 6) is 1.01. The molecule has 0 radical (unpaired) electrons. The highest BCUT2D eigenvalue weighted by molar-refractivity contribution is 9.10. The van der Waals surface area contributed by atoms with E-state index in [1.165, 1.54) is 16.5 Å². The van der Waals surface area contributed by atoms with E-state index in [0.717, 1.165) is 40.4 Å². The van der Waals surface area contributed by atoms with Gasteiger partial charge in [0, 0.05) is 33.2 Å². The van der Waals surface area contributed by atoms with Gasteiger partial charge in [0.15, 0.2) is 0 Å². The molecule has 3 aromatic rings. The second kappa shape index (κ2) is 5.08. The number of fused-ring (bicyclic) bond motifs is 2. The summed E-state index contributed by atoms with van der Waals surface area (Å²) in [5, 5.41) is 2.02. The average molecular weight is 363 g/mol. The van der Waals surface area contributed by atoms with Gasteiger partial charge < -0.3 is 9.30 Å². The molecule has 106 valence electrons. The van der Waals surface area contributed by atoms with E-state index >= 15 is 0 Å². The molecule has 0 N–H and O–H groups in total. The van der Waals surface area contributed by atoms with Gasteiger partial charge in [-0.1, -0.05) is 33.6 Å². The summed E-state index contributed by atoms with van der Waals surface area (Å²) in [4.78, 5) is 0. The van der Waals surface area contributed by atoms with Gasteiger partial charge in [-0.2, -0.15) is 0 Å². The highest BCUT2D eigenvalue weighted by Crippen LogP contribution is 2.34. The Morgan fingerprint density at radius 1 is 1.19 bits per heavy atom. The van der Waals surface area contributed by atoms with Gasteiger partial charge >= 0.3 is 0 Å². The summed E-state index contributed by atoms with van der Waals surface area (Å²) >= 11 is 9.78. The fourth-order valence-electron chi connectivity index (χ4n) is 2.94. The monoisotopic (exact) mass is 361 g/mol. The van der Waals surface area contributed by atoms with E-state index in [2.05, 4.69) is 51.0 Å². The van der Waals surface area contributed by atoms with E-state index < -0.39 is 0 Å². The molecule has 0 spiro atoms. The van der Waals surface area contributed by atoms with Crippen LogP contribution in [-0.2, 0) is 13.0 Å². The van der Waals surface area contributed by atoms with E-state index in [1.54, 1.807) is 0 Å². The van der Waals surface area contributed by atoms with Crippen LogP contribution in [0.2, 0.25) is 5.02 Å². The number of aromatic nitrogens is 1. The molecule has 4 heteroatoms. The van der Waals surface area contributed by atoms with Crippen molar-refractivity contribution in [2.45, 2.75) is 13.0 Å². The van der Waals surface area contributed by atoms with Crippen LogP contribution in [0.1, 0.15) is 11.1 Å². The third-order valence-electron chi connectivity index (χ3n) is 3.90. The molecule has 0 saturated carbocycles. The quantitative estimate of drug-likeness (QED) is 0.623. The number of nitrogens with zero attached hydrogens (tertiary/aromatic N) is 1. The molecule has 0 atom stereocenters. The predicted molar refractivity (Wildman–Crippen MR) is 89.4 cm³/mol. The summed E-state index contributed by atoms with van der Waals surface area (Å²) in [6.07, 6.45) is 3.06. The van der Waals surface area contributed by atoms with Crippen LogP contribution in [0.3, 0.4) is 0 Å². The molecule has 4 rings (SSSR count). The molecule has 1 aromatic heterocycles. The van der Waals surface area contributed by atoms with Crippen molar-refractivity contribution in [3.8, 4) is 5.75 Å². The molecule has 2 nitrogen and oxygen atoms in total. The molecule has 1 aliphatic heterocycles. The lowest BCUT2D eigenvalue weighted by molar-refractivity contribution is 0.353. The minimum atomic E-state index is 0.751. The van der Waals surface area contributed by atoms with E-state index in [1.807, 2.05) is 12.1 Å². The summed E-state index contributed by atoms with van der Waals surface area (Å²) in [6.45, 7) is 1.52. The topological polar surface area (TPSA) is 14.2 Å². The van der Waals surface area contributed by atoms with E-state index in [-0.39, 0.29) is 0 Å². The zero-order valence-electron chi connectivity index (χ0n) is 11.3. The number of benzene rings is 2. The van der Waals surface area contributed by atoms with E-state index in [9.17, 15) is 0 Å². The summed E-state index contributed by atoms with van der Waals surface area (Å²) < 4.78 is 9.10. The molecule has 0 bridgehead atoms. The van der Waals surface area contributed by atoms with Gasteiger partial charge in [-0.05, 0) is 41.3 Å². The van der Waals surface area contributed by atoms with Crippen molar-refractivity contribution in [2.24, 2.45) is 0 Å². The van der Waals surface area contributed by atoms with Crippen molar-refractivity contribution >= 4 is 38.4 Å². The van der Waals surface area contributed by atoms with Gasteiger partial charge in [0.2, 0.25) is 0 Å². The van der Waals surface area contributed by atoms with Gasteiger partial charge in [0.25, 0.3) is 0 Å². The van der Waals surface area contributed by atoms with Crippen molar-refractivity contribution < 1.29 is 4.74 Å². The second-order valence-corrected chi connectivity index (χ2v) is 6.65. The molecular weight excluding hydrogens is 350 g/mol. The first-order valence-corrected chi connectivity index (χ1v) is 8.06. The number of halogens is 2. The Bertz CT molecular complexity index is 840. The van der Waals surface area contributed by atoms with Crippen molar-refractivity contribution in [3.63, 3.8) is 0 Å². The number of hydrogen-bond donors (Lipinski definition) is 0. The molecule has 2 heterocycles. The van der Waals surface area contributed by atoms with Crippen LogP contribution in [0.15, 0.2) is 47.1 Å². The van der Waals surface area contributed by atoms with Crippen molar-refractivity contribution in [3.05, 3.63) is 63.2 Å². The summed E-state index contributed by atoms with van der Waals surface area (Å²) in [5.41, 5.74) is 3.57. The average Bonchev–Trinajstić information content (AvgIpc) is 3.06. The first kappa shape index (κ1) is 13.2. The SMILES string of the molecule is Clc1cc2c(c(Cn3ccc4ccc(Br)cc43)c1)OCC2. The van der Waals surface area contributed by atoms with Crippen molar-refractivity contribution in [1.82, 2.24) is 4.57 Å². The van der Waals surface area contributed by atoms with Gasteiger partial charge in [-0.25, -0.2) is 0 Å². The van der Waals surface area contributed by atoms with E-state index in [0.29, 0.717) is 0 Å². The first-order valence-electron chi connectivity index (χ1n) is 6.89. The smallest absolute Gasteiger partial charge is 0.127 e. The van der Waals surface area contributed by atoms with Gasteiger partial charge in [0.1, 0.15) is 5.75 Å². The number of ether oxygens (including phenoxy) is 1. The molecule has 21 heavy (non-hydrogen) atoms. The largest absolute Gasteiger partial charge is 0.493 e. The zero-order chi connectivity index (χ0) is 14.4. The molecule has 2 aromatic carbocycles.